The number of carbonyl (C=O) groups excluding carboxylic acids is 1. The summed E-state index contributed by atoms with van der Waals surface area (Å²) in [4.78, 5) is 13.8. The van der Waals surface area contributed by atoms with Crippen LogP contribution in [-0.4, -0.2) is 46.7 Å². The maximum atomic E-state index is 13.8. The minimum Gasteiger partial charge on any atom is -0.444 e. The number of piperidine rings is 1. The first kappa shape index (κ1) is 20.2. The Balaban J connectivity index is 1.39. The number of anilines is 1. The Labute approximate surface area is 180 Å². The quantitative estimate of drug-likeness (QED) is 0.588. The third kappa shape index (κ3) is 3.34. The molecule has 31 heavy (non-hydrogen) atoms. The van der Waals surface area contributed by atoms with E-state index in [1.807, 2.05) is 0 Å². The standard InChI is InChI=1S/C19H16F2N4O4S2/c20-13-8-11-10-29-19(26)25(16(11)9-14(13)21)12-4-6-24(7-5-12)31(27,28)17-3-1-2-15-18(17)23-30-22-15/h1-3,8-9,12H,4-7,10H2. The van der Waals surface area contributed by atoms with E-state index in [2.05, 4.69) is 8.75 Å². The van der Waals surface area contributed by atoms with Gasteiger partial charge in [0.05, 0.1) is 17.4 Å². The molecule has 0 unspecified atom stereocenters. The smallest absolute Gasteiger partial charge is 0.414 e. The van der Waals surface area contributed by atoms with Crippen LogP contribution in [0.2, 0.25) is 0 Å². The SMILES string of the molecule is O=C1OCc2cc(F)c(F)cc2N1C1CCN(S(=O)(=O)c2cccc3nsnc23)CC1. The van der Waals surface area contributed by atoms with Gasteiger partial charge in [0.1, 0.15) is 22.5 Å². The van der Waals surface area contributed by atoms with Crippen LogP contribution in [0.1, 0.15) is 18.4 Å². The van der Waals surface area contributed by atoms with Gasteiger partial charge in [0.2, 0.25) is 10.0 Å². The van der Waals surface area contributed by atoms with Gasteiger partial charge in [0, 0.05) is 30.8 Å². The van der Waals surface area contributed by atoms with Crippen molar-refractivity contribution in [1.29, 1.82) is 0 Å². The second-order valence-electron chi connectivity index (χ2n) is 7.34. The highest BCUT2D eigenvalue weighted by atomic mass is 32.2. The first-order chi connectivity index (χ1) is 14.9. The summed E-state index contributed by atoms with van der Waals surface area (Å²) in [5.41, 5.74) is 1.48. The Morgan fingerprint density at radius 1 is 1.10 bits per heavy atom. The van der Waals surface area contributed by atoms with Gasteiger partial charge in [-0.1, -0.05) is 6.07 Å². The molecule has 162 valence electrons. The van der Waals surface area contributed by atoms with Gasteiger partial charge in [0.15, 0.2) is 11.6 Å². The number of hydrogen-bond acceptors (Lipinski definition) is 7. The summed E-state index contributed by atoms with van der Waals surface area (Å²) in [6, 6.07) is 6.43. The second kappa shape index (κ2) is 7.46. The van der Waals surface area contributed by atoms with Gasteiger partial charge in [-0.2, -0.15) is 13.1 Å². The van der Waals surface area contributed by atoms with Crippen molar-refractivity contribution in [2.24, 2.45) is 0 Å². The maximum absolute atomic E-state index is 13.8. The molecule has 1 aromatic heterocycles. The average molecular weight is 466 g/mol. The lowest BCUT2D eigenvalue weighted by atomic mass is 10.0. The normalized spacial score (nSPS) is 18.3. The Bertz CT molecular complexity index is 1290. The molecule has 1 saturated heterocycles. The number of aromatic nitrogens is 2. The van der Waals surface area contributed by atoms with Crippen LogP contribution in [0.4, 0.5) is 19.3 Å². The van der Waals surface area contributed by atoms with Crippen LogP contribution in [0.5, 0.6) is 0 Å². The predicted molar refractivity (Wildman–Crippen MR) is 108 cm³/mol. The van der Waals surface area contributed by atoms with E-state index >= 15 is 0 Å². The van der Waals surface area contributed by atoms with E-state index in [0.29, 0.717) is 29.4 Å². The van der Waals surface area contributed by atoms with Crippen LogP contribution in [0.3, 0.4) is 0 Å². The van der Waals surface area contributed by atoms with E-state index in [1.54, 1.807) is 12.1 Å². The number of amides is 1. The number of carbonyl (C=O) groups is 1. The zero-order valence-electron chi connectivity index (χ0n) is 16.0. The second-order valence-corrected chi connectivity index (χ2v) is 9.78. The number of nitrogens with zero attached hydrogens (tertiary/aromatic N) is 4. The third-order valence-corrected chi connectivity index (χ3v) is 8.06. The van der Waals surface area contributed by atoms with Crippen molar-refractivity contribution in [1.82, 2.24) is 13.1 Å². The lowest BCUT2D eigenvalue weighted by molar-refractivity contribution is 0.135. The molecule has 2 aromatic carbocycles. The Kier molecular flexibility index (Phi) is 4.87. The van der Waals surface area contributed by atoms with E-state index in [4.69, 9.17) is 4.74 Å². The summed E-state index contributed by atoms with van der Waals surface area (Å²) in [7, 11) is -3.81. The minimum absolute atomic E-state index is 0.0949. The molecule has 0 spiro atoms. The number of cyclic esters (lactones) is 1. The van der Waals surface area contributed by atoms with E-state index < -0.39 is 33.8 Å². The van der Waals surface area contributed by atoms with Crippen LogP contribution >= 0.6 is 11.7 Å². The molecule has 3 heterocycles. The van der Waals surface area contributed by atoms with Crippen molar-refractivity contribution in [2.75, 3.05) is 18.0 Å². The Morgan fingerprint density at radius 3 is 2.61 bits per heavy atom. The predicted octanol–water partition coefficient (Wildman–Crippen LogP) is 3.28. The molecule has 8 nitrogen and oxygen atoms in total. The van der Waals surface area contributed by atoms with Gasteiger partial charge in [0.25, 0.3) is 0 Å². The largest absolute Gasteiger partial charge is 0.444 e. The molecule has 0 atom stereocenters. The van der Waals surface area contributed by atoms with E-state index in [-0.39, 0.29) is 30.3 Å². The summed E-state index contributed by atoms with van der Waals surface area (Å²) in [5.74, 6) is -2.06. The van der Waals surface area contributed by atoms with Crippen molar-refractivity contribution in [3.05, 3.63) is 47.5 Å². The number of benzene rings is 2. The van der Waals surface area contributed by atoms with Gasteiger partial charge in [-0.15, -0.1) is 0 Å². The molecule has 5 rings (SSSR count). The zero-order chi connectivity index (χ0) is 21.8. The molecule has 0 aliphatic carbocycles. The van der Waals surface area contributed by atoms with Crippen LogP contribution in [0.25, 0.3) is 11.0 Å². The molecule has 0 saturated carbocycles. The van der Waals surface area contributed by atoms with E-state index in [9.17, 15) is 22.0 Å². The molecule has 3 aromatic rings. The third-order valence-electron chi connectivity index (χ3n) is 5.58. The summed E-state index contributed by atoms with van der Waals surface area (Å²) >= 11 is 0.946. The van der Waals surface area contributed by atoms with Crippen LogP contribution in [0.15, 0.2) is 35.2 Å². The summed E-state index contributed by atoms with van der Waals surface area (Å²) in [6.07, 6.45) is -0.0195. The fourth-order valence-corrected chi connectivity index (χ4v) is 6.26. The van der Waals surface area contributed by atoms with Gasteiger partial charge in [-0.25, -0.2) is 22.0 Å². The Hall–Kier alpha value is -2.70. The minimum atomic E-state index is -3.81. The first-order valence-corrected chi connectivity index (χ1v) is 11.7. The highest BCUT2D eigenvalue weighted by Gasteiger charge is 2.38. The van der Waals surface area contributed by atoms with Crippen molar-refractivity contribution >= 4 is 44.6 Å². The lowest BCUT2D eigenvalue weighted by Gasteiger charge is -2.39. The molecular weight excluding hydrogens is 450 g/mol. The topological polar surface area (TPSA) is 92.7 Å². The van der Waals surface area contributed by atoms with E-state index in [1.165, 1.54) is 15.3 Å². The number of fused-ring (bicyclic) bond motifs is 2. The number of ether oxygens (including phenoxy) is 1. The highest BCUT2D eigenvalue weighted by Crippen LogP contribution is 2.35. The molecule has 0 bridgehead atoms. The number of halogens is 2. The molecular formula is C19H16F2N4O4S2. The molecule has 0 N–H and O–H groups in total. The van der Waals surface area contributed by atoms with Crippen LogP contribution in [-0.2, 0) is 21.4 Å². The molecule has 2 aliphatic heterocycles. The van der Waals surface area contributed by atoms with Gasteiger partial charge < -0.3 is 4.74 Å². The van der Waals surface area contributed by atoms with Gasteiger partial charge in [-0.05, 0) is 31.0 Å². The molecule has 1 fully saturated rings. The van der Waals surface area contributed by atoms with Crippen LogP contribution in [0, 0.1) is 11.6 Å². The molecule has 1 amide bonds. The number of rotatable bonds is 3. The van der Waals surface area contributed by atoms with E-state index in [0.717, 1.165) is 23.9 Å². The van der Waals surface area contributed by atoms with Crippen LogP contribution < -0.4 is 4.90 Å². The zero-order valence-corrected chi connectivity index (χ0v) is 17.6. The summed E-state index contributed by atoms with van der Waals surface area (Å²) in [5, 5.41) is 0. The van der Waals surface area contributed by atoms with Gasteiger partial charge >= 0.3 is 6.09 Å². The number of hydrogen-bond donors (Lipinski definition) is 0. The average Bonchev–Trinajstić information content (AvgIpc) is 3.24. The first-order valence-electron chi connectivity index (χ1n) is 9.51. The molecule has 0 radical (unpaired) electrons. The van der Waals surface area contributed by atoms with Crippen molar-refractivity contribution in [2.45, 2.75) is 30.4 Å². The van der Waals surface area contributed by atoms with Gasteiger partial charge in [-0.3, -0.25) is 4.90 Å². The monoisotopic (exact) mass is 466 g/mol. The fraction of sp³-hybridized carbons (Fsp3) is 0.316. The highest BCUT2D eigenvalue weighted by molar-refractivity contribution is 7.89. The Morgan fingerprint density at radius 2 is 1.84 bits per heavy atom. The molecule has 2 aliphatic rings. The van der Waals surface area contributed by atoms with Crippen molar-refractivity contribution in [3.8, 4) is 0 Å². The number of sulfonamides is 1. The fourth-order valence-electron chi connectivity index (χ4n) is 4.04. The summed E-state index contributed by atoms with van der Waals surface area (Å²) < 4.78 is 68.5. The molecule has 12 heteroatoms. The summed E-state index contributed by atoms with van der Waals surface area (Å²) in [6.45, 7) is 0.175. The van der Waals surface area contributed by atoms with Crippen molar-refractivity contribution in [3.63, 3.8) is 0 Å². The lowest BCUT2D eigenvalue weighted by Crippen LogP contribution is -2.50. The maximum Gasteiger partial charge on any atom is 0.414 e. The van der Waals surface area contributed by atoms with Crippen molar-refractivity contribution < 1.29 is 26.7 Å².